The van der Waals surface area contributed by atoms with Crippen LogP contribution in [0, 0.1) is 5.92 Å². The van der Waals surface area contributed by atoms with Gasteiger partial charge in [-0.2, -0.15) is 4.98 Å². The Morgan fingerprint density at radius 2 is 2.30 bits per heavy atom. The number of carbonyl (C=O) groups excluding carboxylic acids is 1. The lowest BCUT2D eigenvalue weighted by molar-refractivity contribution is 0.125. The maximum absolute atomic E-state index is 11.9. The van der Waals surface area contributed by atoms with Crippen LogP contribution >= 0.6 is 0 Å². The second-order valence-electron chi connectivity index (χ2n) is 6.44. The Hall–Kier alpha value is -1.63. The van der Waals surface area contributed by atoms with Crippen molar-refractivity contribution in [3.63, 3.8) is 0 Å². The predicted octanol–water partition coefficient (Wildman–Crippen LogP) is 1.95. The molecule has 0 aromatic carbocycles. The molecule has 3 rings (SSSR count). The summed E-state index contributed by atoms with van der Waals surface area (Å²) in [5.41, 5.74) is 0. The monoisotopic (exact) mass is 322 g/mol. The molecule has 2 aliphatic rings. The van der Waals surface area contributed by atoms with Crippen LogP contribution < -0.4 is 5.32 Å². The first-order valence-corrected chi connectivity index (χ1v) is 8.69. The third-order valence-electron chi connectivity index (χ3n) is 4.39. The molecule has 0 radical (unpaired) electrons. The molecule has 2 fully saturated rings. The van der Waals surface area contributed by atoms with Crippen LogP contribution in [0.25, 0.3) is 0 Å². The summed E-state index contributed by atoms with van der Waals surface area (Å²) in [5.74, 6) is 2.26. The summed E-state index contributed by atoms with van der Waals surface area (Å²) in [6, 6.07) is -0.00888. The van der Waals surface area contributed by atoms with Gasteiger partial charge >= 0.3 is 6.03 Å². The third kappa shape index (κ3) is 4.67. The number of urea groups is 1. The molecule has 1 aliphatic heterocycles. The number of aromatic nitrogens is 2. The van der Waals surface area contributed by atoms with Crippen molar-refractivity contribution in [2.45, 2.75) is 44.9 Å². The normalized spacial score (nSPS) is 21.4. The number of hydrogen-bond acceptors (Lipinski definition) is 5. The van der Waals surface area contributed by atoms with Crippen LogP contribution in [0.5, 0.6) is 0 Å². The number of rotatable bonds is 7. The number of likely N-dealkylation sites (tertiary alicyclic amines) is 1. The second-order valence-corrected chi connectivity index (χ2v) is 6.44. The lowest BCUT2D eigenvalue weighted by Crippen LogP contribution is -2.44. The molecule has 7 nitrogen and oxygen atoms in total. The Morgan fingerprint density at radius 1 is 1.43 bits per heavy atom. The summed E-state index contributed by atoms with van der Waals surface area (Å²) in [7, 11) is 0. The molecule has 2 heterocycles. The number of hydrogen-bond donors (Lipinski definition) is 1. The average Bonchev–Trinajstić information content (AvgIpc) is 3.28. The summed E-state index contributed by atoms with van der Waals surface area (Å²) in [6.45, 7) is 5.50. The van der Waals surface area contributed by atoms with Gasteiger partial charge in [0.2, 0.25) is 5.89 Å². The highest BCUT2D eigenvalue weighted by Crippen LogP contribution is 2.29. The highest BCUT2D eigenvalue weighted by molar-refractivity contribution is 5.74. The molecular weight excluding hydrogens is 296 g/mol. The van der Waals surface area contributed by atoms with Crippen molar-refractivity contribution in [1.82, 2.24) is 20.4 Å². The van der Waals surface area contributed by atoms with E-state index in [-0.39, 0.29) is 11.9 Å². The van der Waals surface area contributed by atoms with Gasteiger partial charge in [-0.15, -0.1) is 0 Å². The summed E-state index contributed by atoms with van der Waals surface area (Å²) in [5, 5.41) is 6.89. The first-order chi connectivity index (χ1) is 11.3. The van der Waals surface area contributed by atoms with Gasteiger partial charge < -0.3 is 19.5 Å². The Labute approximate surface area is 136 Å². The van der Waals surface area contributed by atoms with Gasteiger partial charge in [-0.3, -0.25) is 0 Å². The Balaban J connectivity index is 1.47. The number of piperidine rings is 1. The van der Waals surface area contributed by atoms with Crippen LogP contribution in [0.15, 0.2) is 4.52 Å². The fourth-order valence-electron chi connectivity index (χ4n) is 2.86. The van der Waals surface area contributed by atoms with E-state index < -0.39 is 0 Å². The number of ether oxygens (including phenoxy) is 1. The van der Waals surface area contributed by atoms with Gasteiger partial charge in [-0.05, 0) is 38.5 Å². The molecule has 7 heteroatoms. The topological polar surface area (TPSA) is 80.5 Å². The lowest BCUT2D eigenvalue weighted by Gasteiger charge is -2.30. The van der Waals surface area contributed by atoms with Gasteiger partial charge in [0.1, 0.15) is 0 Å². The average molecular weight is 322 g/mol. The van der Waals surface area contributed by atoms with Gasteiger partial charge in [0, 0.05) is 32.7 Å². The highest BCUT2D eigenvalue weighted by Gasteiger charge is 2.28. The molecule has 23 heavy (non-hydrogen) atoms. The van der Waals surface area contributed by atoms with Crippen molar-refractivity contribution in [3.05, 3.63) is 11.7 Å². The van der Waals surface area contributed by atoms with Crippen molar-refractivity contribution in [2.75, 3.05) is 32.8 Å². The summed E-state index contributed by atoms with van der Waals surface area (Å²) >= 11 is 0. The number of nitrogens with zero attached hydrogens (tertiary/aromatic N) is 3. The SMILES string of the molecule is CCNC(=O)N1CCCC(c2nc(CCOCC3CC3)no2)C1. The minimum atomic E-state index is -0.00888. The van der Waals surface area contributed by atoms with E-state index in [0.29, 0.717) is 37.8 Å². The van der Waals surface area contributed by atoms with E-state index in [9.17, 15) is 4.79 Å². The Bertz CT molecular complexity index is 515. The van der Waals surface area contributed by atoms with Gasteiger partial charge in [0.05, 0.1) is 12.5 Å². The standard InChI is InChI=1S/C16H26N4O3/c1-2-17-16(21)20-8-3-4-13(10-20)15-18-14(19-23-15)7-9-22-11-12-5-6-12/h12-13H,2-11H2,1H3,(H,17,21). The summed E-state index contributed by atoms with van der Waals surface area (Å²) < 4.78 is 11.0. The largest absolute Gasteiger partial charge is 0.381 e. The van der Waals surface area contributed by atoms with Crippen molar-refractivity contribution in [2.24, 2.45) is 5.92 Å². The molecule has 1 aromatic rings. The Morgan fingerprint density at radius 3 is 3.09 bits per heavy atom. The molecule has 1 saturated carbocycles. The summed E-state index contributed by atoms with van der Waals surface area (Å²) in [4.78, 5) is 18.3. The fraction of sp³-hybridized carbons (Fsp3) is 0.812. The lowest BCUT2D eigenvalue weighted by atomic mass is 9.98. The van der Waals surface area contributed by atoms with Crippen molar-refractivity contribution < 1.29 is 14.1 Å². The molecule has 1 N–H and O–H groups in total. The van der Waals surface area contributed by atoms with Gasteiger partial charge in [-0.25, -0.2) is 4.79 Å². The minimum Gasteiger partial charge on any atom is -0.381 e. The van der Waals surface area contributed by atoms with Crippen LogP contribution in [-0.4, -0.2) is 53.9 Å². The van der Waals surface area contributed by atoms with Crippen molar-refractivity contribution >= 4 is 6.03 Å². The molecule has 128 valence electrons. The molecule has 0 bridgehead atoms. The third-order valence-corrected chi connectivity index (χ3v) is 4.39. The van der Waals surface area contributed by atoms with E-state index >= 15 is 0 Å². The summed E-state index contributed by atoms with van der Waals surface area (Å²) in [6.07, 6.45) is 5.23. The fourth-order valence-corrected chi connectivity index (χ4v) is 2.86. The minimum absolute atomic E-state index is 0.00888. The zero-order valence-electron chi connectivity index (χ0n) is 13.8. The van der Waals surface area contributed by atoms with Gasteiger partial charge in [-0.1, -0.05) is 5.16 Å². The number of nitrogens with one attached hydrogen (secondary N) is 1. The maximum atomic E-state index is 11.9. The smallest absolute Gasteiger partial charge is 0.317 e. The van der Waals surface area contributed by atoms with E-state index in [1.165, 1.54) is 12.8 Å². The van der Waals surface area contributed by atoms with E-state index in [1.54, 1.807) is 0 Å². The Kier molecular flexibility index (Phi) is 5.48. The van der Waals surface area contributed by atoms with Gasteiger partial charge in [0.25, 0.3) is 0 Å². The zero-order valence-corrected chi connectivity index (χ0v) is 13.8. The first kappa shape index (κ1) is 16.2. The molecule has 0 spiro atoms. The molecule has 1 aliphatic carbocycles. The van der Waals surface area contributed by atoms with Crippen molar-refractivity contribution in [1.29, 1.82) is 0 Å². The van der Waals surface area contributed by atoms with Crippen LogP contribution in [0.3, 0.4) is 0 Å². The highest BCUT2D eigenvalue weighted by atomic mass is 16.5. The van der Waals surface area contributed by atoms with Crippen LogP contribution in [0.2, 0.25) is 0 Å². The van der Waals surface area contributed by atoms with Gasteiger partial charge in [0.15, 0.2) is 5.82 Å². The quantitative estimate of drug-likeness (QED) is 0.776. The molecule has 1 atom stereocenters. The molecular formula is C16H26N4O3. The number of carbonyl (C=O) groups is 1. The first-order valence-electron chi connectivity index (χ1n) is 8.69. The van der Waals surface area contributed by atoms with Crippen molar-refractivity contribution in [3.8, 4) is 0 Å². The molecule has 1 saturated heterocycles. The van der Waals surface area contributed by atoms with E-state index in [0.717, 1.165) is 31.9 Å². The second kappa shape index (κ2) is 7.77. The molecule has 1 aromatic heterocycles. The molecule has 2 amide bonds. The van der Waals surface area contributed by atoms with Crippen LogP contribution in [-0.2, 0) is 11.2 Å². The van der Waals surface area contributed by atoms with E-state index in [4.69, 9.17) is 9.26 Å². The predicted molar refractivity (Wildman–Crippen MR) is 84.2 cm³/mol. The zero-order chi connectivity index (χ0) is 16.1. The van der Waals surface area contributed by atoms with E-state index in [2.05, 4.69) is 15.5 Å². The maximum Gasteiger partial charge on any atom is 0.317 e. The van der Waals surface area contributed by atoms with E-state index in [1.807, 2.05) is 11.8 Å². The van der Waals surface area contributed by atoms with Crippen LogP contribution in [0.4, 0.5) is 4.79 Å². The molecule has 1 unspecified atom stereocenters. The number of amides is 2. The van der Waals surface area contributed by atoms with Crippen LogP contribution in [0.1, 0.15) is 50.2 Å².